The molecule has 6 heteroatoms. The lowest BCUT2D eigenvalue weighted by molar-refractivity contribution is -0.139. The van der Waals surface area contributed by atoms with Crippen molar-refractivity contribution in [2.24, 2.45) is 5.92 Å². The normalized spacial score (nSPS) is 14.4. The van der Waals surface area contributed by atoms with Gasteiger partial charge in [-0.05, 0) is 48.8 Å². The number of para-hydroxylation sites is 1. The van der Waals surface area contributed by atoms with Crippen molar-refractivity contribution in [3.63, 3.8) is 0 Å². The molecule has 0 spiro atoms. The maximum Gasteiger partial charge on any atom is 0.410 e. The van der Waals surface area contributed by atoms with Gasteiger partial charge in [-0.1, -0.05) is 48.5 Å². The van der Waals surface area contributed by atoms with Crippen molar-refractivity contribution in [2.45, 2.75) is 45.3 Å². The number of hydrogen-bond acceptors (Lipinski definition) is 4. The number of likely N-dealkylation sites (tertiary alicyclic amines) is 1. The molecule has 0 N–H and O–H groups in total. The Kier molecular flexibility index (Phi) is 7.66. The van der Waals surface area contributed by atoms with E-state index in [0.717, 1.165) is 67.3 Å². The Morgan fingerprint density at radius 1 is 1.00 bits per heavy atom. The van der Waals surface area contributed by atoms with E-state index in [-0.39, 0.29) is 12.1 Å². The number of aryl methyl sites for hydroxylation is 1. The lowest BCUT2D eigenvalue weighted by Gasteiger charge is -2.31. The van der Waals surface area contributed by atoms with Crippen LogP contribution in [0.4, 0.5) is 4.79 Å². The lowest BCUT2D eigenvalue weighted by Crippen LogP contribution is -2.38. The van der Waals surface area contributed by atoms with Gasteiger partial charge in [0.2, 0.25) is 0 Å². The van der Waals surface area contributed by atoms with Gasteiger partial charge in [-0.15, -0.1) is 0 Å². The summed E-state index contributed by atoms with van der Waals surface area (Å²) in [6.45, 7) is 2.76. The predicted molar refractivity (Wildman–Crippen MR) is 128 cm³/mol. The average molecular weight is 449 g/mol. The molecule has 1 aliphatic rings. The number of rotatable bonds is 8. The number of hydrogen-bond donors (Lipinski definition) is 0. The van der Waals surface area contributed by atoms with Crippen molar-refractivity contribution in [3.8, 4) is 0 Å². The second-order valence-electron chi connectivity index (χ2n) is 8.73. The summed E-state index contributed by atoms with van der Waals surface area (Å²) in [4.78, 5) is 26.0. The number of carbonyl (C=O) groups is 2. The zero-order valence-corrected chi connectivity index (χ0v) is 19.2. The van der Waals surface area contributed by atoms with Crippen LogP contribution in [0, 0.1) is 5.92 Å². The Morgan fingerprint density at radius 3 is 2.48 bits per heavy atom. The van der Waals surface area contributed by atoms with Crippen molar-refractivity contribution < 1.29 is 19.1 Å². The van der Waals surface area contributed by atoms with Crippen LogP contribution >= 0.6 is 0 Å². The molecule has 1 aliphatic heterocycles. The molecular weight excluding hydrogens is 416 g/mol. The van der Waals surface area contributed by atoms with Crippen molar-refractivity contribution in [3.05, 3.63) is 71.9 Å². The van der Waals surface area contributed by atoms with E-state index in [2.05, 4.69) is 22.9 Å². The number of aromatic nitrogens is 1. The molecule has 2 aromatic carbocycles. The molecule has 1 fully saturated rings. The topological polar surface area (TPSA) is 60.8 Å². The summed E-state index contributed by atoms with van der Waals surface area (Å²) in [7, 11) is 1.43. The number of fused-ring (bicyclic) bond motifs is 1. The third-order valence-corrected chi connectivity index (χ3v) is 6.52. The highest BCUT2D eigenvalue weighted by Crippen LogP contribution is 2.26. The number of esters is 1. The molecule has 1 aromatic heterocycles. The van der Waals surface area contributed by atoms with Crippen LogP contribution in [0.2, 0.25) is 0 Å². The van der Waals surface area contributed by atoms with E-state index in [9.17, 15) is 9.59 Å². The molecule has 3 aromatic rings. The second-order valence-corrected chi connectivity index (χ2v) is 8.73. The Labute approximate surface area is 195 Å². The van der Waals surface area contributed by atoms with Gasteiger partial charge in [0.1, 0.15) is 6.61 Å². The van der Waals surface area contributed by atoms with Gasteiger partial charge < -0.3 is 18.9 Å². The van der Waals surface area contributed by atoms with Crippen LogP contribution in [-0.4, -0.2) is 41.7 Å². The van der Waals surface area contributed by atoms with E-state index >= 15 is 0 Å². The quantitative estimate of drug-likeness (QED) is 0.445. The van der Waals surface area contributed by atoms with Crippen LogP contribution in [0.25, 0.3) is 10.9 Å². The van der Waals surface area contributed by atoms with Gasteiger partial charge in [-0.2, -0.15) is 0 Å². The highest BCUT2D eigenvalue weighted by atomic mass is 16.6. The lowest BCUT2D eigenvalue weighted by atomic mass is 9.92. The molecule has 0 unspecified atom stereocenters. The fraction of sp³-hybridized carbons (Fsp3) is 0.407. The number of piperidine rings is 1. The molecule has 0 bridgehead atoms. The summed E-state index contributed by atoms with van der Waals surface area (Å²) in [6.07, 6.45) is 6.40. The molecule has 0 saturated carbocycles. The molecule has 33 heavy (non-hydrogen) atoms. The largest absolute Gasteiger partial charge is 0.469 e. The summed E-state index contributed by atoms with van der Waals surface area (Å²) in [5.74, 6) is 0.409. The van der Waals surface area contributed by atoms with E-state index in [0.29, 0.717) is 18.9 Å². The number of methoxy groups -OCH3 is 1. The summed E-state index contributed by atoms with van der Waals surface area (Å²) >= 11 is 0. The standard InChI is InChI=1S/C27H32N2O4/c1-32-26(30)18-23-19-29(25-12-6-5-11-24(23)25)15-7-10-21-13-16-28(17-14-21)27(31)33-20-22-8-3-2-4-9-22/h2-6,8-9,11-12,19,21H,7,10,13-18,20H2,1H3. The van der Waals surface area contributed by atoms with Crippen molar-refractivity contribution in [1.82, 2.24) is 9.47 Å². The van der Waals surface area contributed by atoms with E-state index in [1.54, 1.807) is 0 Å². The van der Waals surface area contributed by atoms with Gasteiger partial charge in [-0.3, -0.25) is 4.79 Å². The smallest absolute Gasteiger partial charge is 0.410 e. The highest BCUT2D eigenvalue weighted by molar-refractivity contribution is 5.87. The molecule has 2 heterocycles. The number of amides is 1. The average Bonchev–Trinajstić information content (AvgIpc) is 3.20. The number of carbonyl (C=O) groups excluding carboxylic acids is 2. The minimum absolute atomic E-state index is 0.214. The molecule has 0 radical (unpaired) electrons. The SMILES string of the molecule is COC(=O)Cc1cn(CCCC2CCN(C(=O)OCc3ccccc3)CC2)c2ccccc12. The first-order chi connectivity index (χ1) is 16.1. The molecule has 4 rings (SSSR count). The van der Waals surface area contributed by atoms with Gasteiger partial charge in [0.05, 0.1) is 13.5 Å². The summed E-state index contributed by atoms with van der Waals surface area (Å²) in [5.41, 5.74) is 3.18. The molecule has 174 valence electrons. The Balaban J connectivity index is 1.23. The molecular formula is C27H32N2O4. The first-order valence-electron chi connectivity index (χ1n) is 11.7. The first kappa shape index (κ1) is 22.9. The van der Waals surface area contributed by atoms with Gasteiger partial charge >= 0.3 is 12.1 Å². The van der Waals surface area contributed by atoms with E-state index in [1.165, 1.54) is 7.11 Å². The third-order valence-electron chi connectivity index (χ3n) is 6.52. The van der Waals surface area contributed by atoms with Gasteiger partial charge in [-0.25, -0.2) is 4.79 Å². The van der Waals surface area contributed by atoms with E-state index in [1.807, 2.05) is 47.4 Å². The van der Waals surface area contributed by atoms with Gasteiger partial charge in [0.15, 0.2) is 0 Å². The van der Waals surface area contributed by atoms with Gasteiger partial charge in [0, 0.05) is 36.7 Å². The summed E-state index contributed by atoms with van der Waals surface area (Å²) < 4.78 is 12.6. The Hall–Kier alpha value is -3.28. The molecule has 0 aliphatic carbocycles. The van der Waals surface area contributed by atoms with E-state index < -0.39 is 0 Å². The maximum atomic E-state index is 12.4. The zero-order valence-electron chi connectivity index (χ0n) is 19.2. The molecule has 6 nitrogen and oxygen atoms in total. The molecule has 0 atom stereocenters. The first-order valence-corrected chi connectivity index (χ1v) is 11.7. The van der Waals surface area contributed by atoms with E-state index in [4.69, 9.17) is 9.47 Å². The van der Waals surface area contributed by atoms with Crippen LogP contribution < -0.4 is 0 Å². The van der Waals surface area contributed by atoms with Crippen LogP contribution in [0.15, 0.2) is 60.8 Å². The molecule has 1 amide bonds. The molecule has 1 saturated heterocycles. The van der Waals surface area contributed by atoms with Gasteiger partial charge in [0.25, 0.3) is 0 Å². The maximum absolute atomic E-state index is 12.4. The van der Waals surface area contributed by atoms with Crippen LogP contribution in [0.3, 0.4) is 0 Å². The highest BCUT2D eigenvalue weighted by Gasteiger charge is 2.23. The third kappa shape index (κ3) is 5.95. The Bertz CT molecular complexity index is 1070. The van der Waals surface area contributed by atoms with Crippen LogP contribution in [0.5, 0.6) is 0 Å². The minimum Gasteiger partial charge on any atom is -0.469 e. The Morgan fingerprint density at radius 2 is 1.73 bits per heavy atom. The number of ether oxygens (including phenoxy) is 2. The van der Waals surface area contributed by atoms with Crippen molar-refractivity contribution >= 4 is 23.0 Å². The summed E-state index contributed by atoms with van der Waals surface area (Å²) in [6, 6.07) is 18.0. The fourth-order valence-electron chi connectivity index (χ4n) is 4.64. The second kappa shape index (κ2) is 11.0. The summed E-state index contributed by atoms with van der Waals surface area (Å²) in [5, 5.41) is 1.12. The zero-order chi connectivity index (χ0) is 23.0. The van der Waals surface area contributed by atoms with Crippen molar-refractivity contribution in [1.29, 1.82) is 0 Å². The fourth-order valence-corrected chi connectivity index (χ4v) is 4.64. The van der Waals surface area contributed by atoms with Crippen molar-refractivity contribution in [2.75, 3.05) is 20.2 Å². The monoisotopic (exact) mass is 448 g/mol. The number of benzene rings is 2. The number of nitrogens with zero attached hydrogens (tertiary/aromatic N) is 2. The minimum atomic E-state index is -0.216. The predicted octanol–water partition coefficient (Wildman–Crippen LogP) is 5.19. The van der Waals surface area contributed by atoms with Crippen LogP contribution in [0.1, 0.15) is 36.8 Å². The van der Waals surface area contributed by atoms with Crippen LogP contribution in [-0.2, 0) is 33.8 Å².